The van der Waals surface area contributed by atoms with Crippen LogP contribution in [-0.4, -0.2) is 24.8 Å². The van der Waals surface area contributed by atoms with Crippen molar-refractivity contribution in [3.05, 3.63) is 45.6 Å². The number of aryl methyl sites for hydroxylation is 2. The van der Waals surface area contributed by atoms with Crippen LogP contribution in [0.1, 0.15) is 33.0 Å². The minimum absolute atomic E-state index is 0. The number of carbonyl (C=O) groups is 2. The number of hydrogen-bond acceptors (Lipinski definition) is 5. The molecule has 0 fully saturated rings. The predicted molar refractivity (Wildman–Crippen MR) is 104 cm³/mol. The molecule has 0 saturated carbocycles. The van der Waals surface area contributed by atoms with E-state index in [2.05, 4.69) is 5.32 Å². The Kier molecular flexibility index (Phi) is 8.61. The summed E-state index contributed by atoms with van der Waals surface area (Å²) in [6.07, 6.45) is 0.374. The first-order valence-corrected chi connectivity index (χ1v) is 8.64. The minimum atomic E-state index is -0.177. The monoisotopic (exact) mass is 382 g/mol. The maximum Gasteiger partial charge on any atom is 0.224 e. The highest BCUT2D eigenvalue weighted by Crippen LogP contribution is 2.22. The van der Waals surface area contributed by atoms with Gasteiger partial charge in [-0.3, -0.25) is 9.59 Å². The Morgan fingerprint density at radius 2 is 1.84 bits per heavy atom. The topological polar surface area (TPSA) is 81.4 Å². The third-order valence-electron chi connectivity index (χ3n) is 3.45. The van der Waals surface area contributed by atoms with Crippen LogP contribution in [0.2, 0.25) is 0 Å². The van der Waals surface area contributed by atoms with E-state index in [1.807, 2.05) is 19.9 Å². The van der Waals surface area contributed by atoms with E-state index in [1.54, 1.807) is 35.6 Å². The molecule has 3 N–H and O–H groups in total. The van der Waals surface area contributed by atoms with Crippen LogP contribution in [0, 0.1) is 13.8 Å². The summed E-state index contributed by atoms with van der Waals surface area (Å²) in [5, 5.41) is 2.78. The number of carbonyl (C=O) groups excluding carboxylic acids is 2. The quantitative estimate of drug-likeness (QED) is 0.681. The van der Waals surface area contributed by atoms with Crippen LogP contribution in [0.5, 0.6) is 5.75 Å². The number of nitrogens with two attached hydrogens (primary N) is 1. The molecule has 0 radical (unpaired) electrons. The number of thiophene rings is 1. The van der Waals surface area contributed by atoms with Gasteiger partial charge in [-0.15, -0.1) is 23.7 Å². The van der Waals surface area contributed by atoms with Crippen LogP contribution < -0.4 is 15.8 Å². The second-order valence-electron chi connectivity index (χ2n) is 5.46. The van der Waals surface area contributed by atoms with Crippen molar-refractivity contribution in [3.63, 3.8) is 0 Å². The van der Waals surface area contributed by atoms with E-state index in [4.69, 9.17) is 10.5 Å². The zero-order valence-electron chi connectivity index (χ0n) is 14.3. The molecule has 7 heteroatoms. The number of nitrogens with one attached hydrogen (secondary N) is 1. The van der Waals surface area contributed by atoms with Gasteiger partial charge in [-0.05, 0) is 44.2 Å². The highest BCUT2D eigenvalue weighted by Gasteiger charge is 2.13. The number of anilines is 1. The Morgan fingerprint density at radius 1 is 1.16 bits per heavy atom. The summed E-state index contributed by atoms with van der Waals surface area (Å²) in [5.41, 5.74) is 6.78. The van der Waals surface area contributed by atoms with Gasteiger partial charge in [0.2, 0.25) is 5.91 Å². The number of halogens is 1. The van der Waals surface area contributed by atoms with Gasteiger partial charge in [0.1, 0.15) is 12.4 Å². The first-order valence-electron chi connectivity index (χ1n) is 7.82. The van der Waals surface area contributed by atoms with Crippen molar-refractivity contribution in [1.82, 2.24) is 0 Å². The molecular formula is C18H23ClN2O3S. The molecule has 0 aliphatic heterocycles. The highest BCUT2D eigenvalue weighted by atomic mass is 35.5. The van der Waals surface area contributed by atoms with Crippen LogP contribution in [0.25, 0.3) is 0 Å². The van der Waals surface area contributed by atoms with Crippen molar-refractivity contribution < 1.29 is 14.3 Å². The molecule has 0 spiro atoms. The van der Waals surface area contributed by atoms with Crippen molar-refractivity contribution in [2.24, 2.45) is 5.73 Å². The van der Waals surface area contributed by atoms with Crippen LogP contribution in [0.15, 0.2) is 30.3 Å². The van der Waals surface area contributed by atoms with Crippen molar-refractivity contribution in [2.75, 3.05) is 18.5 Å². The maximum atomic E-state index is 12.2. The van der Waals surface area contributed by atoms with Crippen LogP contribution in [-0.2, 0) is 4.79 Å². The first kappa shape index (κ1) is 21.2. The molecule has 0 atom stereocenters. The second kappa shape index (κ2) is 10.2. The summed E-state index contributed by atoms with van der Waals surface area (Å²) in [6.45, 7) is 4.81. The molecular weight excluding hydrogens is 360 g/mol. The van der Waals surface area contributed by atoms with Gasteiger partial charge >= 0.3 is 0 Å². The van der Waals surface area contributed by atoms with Crippen molar-refractivity contribution in [2.45, 2.75) is 26.7 Å². The summed E-state index contributed by atoms with van der Waals surface area (Å²) in [4.78, 5) is 26.3. The summed E-state index contributed by atoms with van der Waals surface area (Å²) < 4.78 is 5.37. The predicted octanol–water partition coefficient (Wildman–Crippen LogP) is 3.73. The lowest BCUT2D eigenvalue weighted by Gasteiger charge is -2.07. The molecule has 1 aromatic carbocycles. The van der Waals surface area contributed by atoms with E-state index >= 15 is 0 Å². The number of rotatable bonds is 8. The Bertz CT molecular complexity index is 714. The fraction of sp³-hybridized carbons (Fsp3) is 0.333. The summed E-state index contributed by atoms with van der Waals surface area (Å²) in [6, 6.07) is 8.96. The van der Waals surface area contributed by atoms with Gasteiger partial charge in [-0.2, -0.15) is 0 Å². The molecule has 2 aromatic rings. The average Bonchev–Trinajstić information content (AvgIpc) is 2.90. The molecule has 1 heterocycles. The normalized spacial score (nSPS) is 10.0. The fourth-order valence-corrected chi connectivity index (χ4v) is 3.25. The molecule has 0 unspecified atom stereocenters. The van der Waals surface area contributed by atoms with Crippen molar-refractivity contribution >= 4 is 41.1 Å². The highest BCUT2D eigenvalue weighted by molar-refractivity contribution is 7.12. The summed E-state index contributed by atoms with van der Waals surface area (Å²) in [5.74, 6) is 0.540. The molecule has 1 aromatic heterocycles. The smallest absolute Gasteiger partial charge is 0.224 e. The van der Waals surface area contributed by atoms with Gasteiger partial charge in [0.05, 0.1) is 0 Å². The number of hydrogen-bond donors (Lipinski definition) is 2. The zero-order chi connectivity index (χ0) is 17.5. The fourth-order valence-electron chi connectivity index (χ4n) is 2.30. The van der Waals surface area contributed by atoms with E-state index in [9.17, 15) is 9.59 Å². The lowest BCUT2D eigenvalue weighted by Crippen LogP contribution is -2.13. The van der Waals surface area contributed by atoms with Crippen LogP contribution in [0.3, 0.4) is 0 Å². The van der Waals surface area contributed by atoms with E-state index in [1.165, 1.54) is 0 Å². The van der Waals surface area contributed by atoms with Gasteiger partial charge in [-0.25, -0.2) is 0 Å². The van der Waals surface area contributed by atoms with E-state index < -0.39 is 0 Å². The molecule has 136 valence electrons. The molecule has 2 rings (SSSR count). The van der Waals surface area contributed by atoms with Crippen molar-refractivity contribution in [1.29, 1.82) is 0 Å². The SMILES string of the molecule is Cc1cc(C(=O)CCC(=O)Nc2ccc(OCCN)cc2)c(C)s1.Cl. The number of ketones is 1. The maximum absolute atomic E-state index is 12.2. The Balaban J connectivity index is 0.00000312. The van der Waals surface area contributed by atoms with Crippen LogP contribution >= 0.6 is 23.7 Å². The Labute approximate surface area is 158 Å². The largest absolute Gasteiger partial charge is 0.492 e. The molecule has 25 heavy (non-hydrogen) atoms. The zero-order valence-corrected chi connectivity index (χ0v) is 16.0. The summed E-state index contributed by atoms with van der Waals surface area (Å²) in [7, 11) is 0. The van der Waals surface area contributed by atoms with E-state index in [-0.39, 0.29) is 36.9 Å². The molecule has 5 nitrogen and oxygen atoms in total. The van der Waals surface area contributed by atoms with Gasteiger partial charge in [0.15, 0.2) is 5.78 Å². The third-order valence-corrected chi connectivity index (χ3v) is 4.41. The summed E-state index contributed by atoms with van der Waals surface area (Å²) >= 11 is 1.60. The number of ether oxygens (including phenoxy) is 1. The minimum Gasteiger partial charge on any atom is -0.492 e. The van der Waals surface area contributed by atoms with E-state index in [0.717, 1.165) is 15.3 Å². The average molecular weight is 383 g/mol. The third kappa shape index (κ3) is 6.49. The number of benzene rings is 1. The lowest BCUT2D eigenvalue weighted by atomic mass is 10.1. The van der Waals surface area contributed by atoms with E-state index in [0.29, 0.717) is 24.6 Å². The van der Waals surface area contributed by atoms with Gasteiger partial charge in [-0.1, -0.05) is 0 Å². The number of amides is 1. The molecule has 0 aliphatic rings. The second-order valence-corrected chi connectivity index (χ2v) is 6.92. The number of Topliss-reactive ketones (excluding diaryl/α,β-unsaturated/α-hetero) is 1. The Hall–Kier alpha value is -1.89. The molecule has 1 amide bonds. The van der Waals surface area contributed by atoms with Gasteiger partial charge in [0.25, 0.3) is 0 Å². The van der Waals surface area contributed by atoms with Crippen LogP contribution in [0.4, 0.5) is 5.69 Å². The molecule has 0 aliphatic carbocycles. The van der Waals surface area contributed by atoms with Gasteiger partial charge < -0.3 is 15.8 Å². The Morgan fingerprint density at radius 3 is 2.40 bits per heavy atom. The molecule has 0 saturated heterocycles. The lowest BCUT2D eigenvalue weighted by molar-refractivity contribution is -0.116. The van der Waals surface area contributed by atoms with Crippen molar-refractivity contribution in [3.8, 4) is 5.75 Å². The van der Waals surface area contributed by atoms with Gasteiger partial charge in [0, 0.05) is 40.4 Å². The first-order chi connectivity index (χ1) is 11.5. The standard InChI is InChI=1S/C18H22N2O3S.ClH/c1-12-11-16(13(2)24-12)17(21)7-8-18(22)20-14-3-5-15(6-4-14)23-10-9-19;/h3-6,11H,7-10,19H2,1-2H3,(H,20,22);1H. The molecule has 0 bridgehead atoms.